The van der Waals surface area contributed by atoms with Crippen molar-refractivity contribution in [1.29, 1.82) is 0 Å². The van der Waals surface area contributed by atoms with E-state index < -0.39 is 6.04 Å². The Bertz CT molecular complexity index is 380. The van der Waals surface area contributed by atoms with Gasteiger partial charge in [-0.2, -0.15) is 0 Å². The minimum Gasteiger partial charge on any atom is -0.385 e. The van der Waals surface area contributed by atoms with Gasteiger partial charge < -0.3 is 15.8 Å². The number of hydrogen-bond donors (Lipinski definition) is 2. The van der Waals surface area contributed by atoms with E-state index in [0.717, 1.165) is 24.1 Å². The van der Waals surface area contributed by atoms with Gasteiger partial charge in [0, 0.05) is 19.4 Å². The molecule has 0 aliphatic carbocycles. The number of carbonyl (C=O) groups is 1. The van der Waals surface area contributed by atoms with Crippen LogP contribution in [0.25, 0.3) is 0 Å². The van der Waals surface area contributed by atoms with Crippen LogP contribution in [-0.2, 0) is 16.0 Å². The molecule has 18 heavy (non-hydrogen) atoms. The van der Waals surface area contributed by atoms with E-state index in [1.54, 1.807) is 7.11 Å². The van der Waals surface area contributed by atoms with Crippen molar-refractivity contribution in [1.82, 2.24) is 0 Å². The summed E-state index contributed by atoms with van der Waals surface area (Å²) in [6.45, 7) is 2.61. The average Bonchev–Trinajstić information content (AvgIpc) is 2.38. The van der Waals surface area contributed by atoms with Gasteiger partial charge in [0.1, 0.15) is 0 Å². The first-order valence-corrected chi connectivity index (χ1v) is 6.32. The lowest BCUT2D eigenvalue weighted by atomic mass is 10.1. The van der Waals surface area contributed by atoms with Crippen LogP contribution in [-0.4, -0.2) is 25.7 Å². The Morgan fingerprint density at radius 1 is 1.44 bits per heavy atom. The summed E-state index contributed by atoms with van der Waals surface area (Å²) in [7, 11) is 1.60. The van der Waals surface area contributed by atoms with Gasteiger partial charge in [-0.1, -0.05) is 31.5 Å². The number of amides is 1. The van der Waals surface area contributed by atoms with E-state index in [1.165, 1.54) is 0 Å². The Kier molecular flexibility index (Phi) is 6.39. The molecule has 1 aromatic rings. The highest BCUT2D eigenvalue weighted by Gasteiger charge is 2.14. The Morgan fingerprint density at radius 2 is 2.17 bits per heavy atom. The molecule has 0 aromatic heterocycles. The molecule has 4 heteroatoms. The van der Waals surface area contributed by atoms with Gasteiger partial charge in [0.05, 0.1) is 6.04 Å². The van der Waals surface area contributed by atoms with Crippen molar-refractivity contribution in [3.63, 3.8) is 0 Å². The molecule has 1 rings (SSSR count). The molecular weight excluding hydrogens is 228 g/mol. The van der Waals surface area contributed by atoms with Crippen LogP contribution in [0.15, 0.2) is 24.3 Å². The van der Waals surface area contributed by atoms with Gasteiger partial charge in [-0.05, 0) is 24.5 Å². The average molecular weight is 250 g/mol. The van der Waals surface area contributed by atoms with E-state index in [1.807, 2.05) is 24.3 Å². The smallest absolute Gasteiger partial charge is 0.241 e. The van der Waals surface area contributed by atoms with Crippen LogP contribution in [0.1, 0.15) is 25.3 Å². The van der Waals surface area contributed by atoms with E-state index >= 15 is 0 Å². The summed E-state index contributed by atoms with van der Waals surface area (Å²) in [5, 5.41) is 2.88. The van der Waals surface area contributed by atoms with Crippen LogP contribution in [0.5, 0.6) is 0 Å². The summed E-state index contributed by atoms with van der Waals surface area (Å²) in [4.78, 5) is 11.9. The highest BCUT2D eigenvalue weighted by Crippen LogP contribution is 2.17. The maximum Gasteiger partial charge on any atom is 0.241 e. The summed E-state index contributed by atoms with van der Waals surface area (Å²) < 4.78 is 4.92. The summed E-state index contributed by atoms with van der Waals surface area (Å²) >= 11 is 0. The summed E-state index contributed by atoms with van der Waals surface area (Å²) in [5.74, 6) is -0.157. The second-order valence-electron chi connectivity index (χ2n) is 4.28. The molecular formula is C14H22N2O2. The number of carbonyl (C=O) groups excluding carboxylic acids is 1. The van der Waals surface area contributed by atoms with Crippen molar-refractivity contribution in [3.05, 3.63) is 29.8 Å². The Morgan fingerprint density at radius 3 is 2.83 bits per heavy atom. The van der Waals surface area contributed by atoms with E-state index in [4.69, 9.17) is 10.5 Å². The van der Waals surface area contributed by atoms with Crippen molar-refractivity contribution < 1.29 is 9.53 Å². The molecule has 0 heterocycles. The highest BCUT2D eigenvalue weighted by atomic mass is 16.5. The van der Waals surface area contributed by atoms with Crippen LogP contribution in [0.3, 0.4) is 0 Å². The first kappa shape index (κ1) is 14.7. The number of nitrogens with one attached hydrogen (secondary N) is 1. The van der Waals surface area contributed by atoms with Crippen LogP contribution >= 0.6 is 0 Å². The fourth-order valence-electron chi connectivity index (χ4n) is 1.73. The lowest BCUT2D eigenvalue weighted by molar-refractivity contribution is -0.117. The molecule has 0 saturated heterocycles. The Hall–Kier alpha value is -1.39. The number of methoxy groups -OCH3 is 1. The first-order chi connectivity index (χ1) is 8.69. The Balaban J connectivity index is 2.63. The summed E-state index contributed by atoms with van der Waals surface area (Å²) in [6.07, 6.45) is 2.52. The van der Waals surface area contributed by atoms with Crippen molar-refractivity contribution in [2.75, 3.05) is 19.0 Å². The predicted octanol–water partition coefficient (Wildman–Crippen LogP) is 1.94. The molecule has 1 aromatic carbocycles. The third kappa shape index (κ3) is 4.47. The molecule has 1 amide bonds. The Labute approximate surface area is 109 Å². The second kappa shape index (κ2) is 7.84. The molecule has 1 atom stereocenters. The summed E-state index contributed by atoms with van der Waals surface area (Å²) in [6, 6.07) is 7.30. The van der Waals surface area contributed by atoms with Gasteiger partial charge in [0.2, 0.25) is 5.91 Å². The molecule has 0 bridgehead atoms. The topological polar surface area (TPSA) is 64.4 Å². The standard InChI is InChI=1S/C14H22N2O2/c1-3-6-11-7-4-5-8-13(11)16-14(17)12(15)9-10-18-2/h4-5,7-8,12H,3,6,9-10,15H2,1-2H3,(H,16,17). The van der Waals surface area contributed by atoms with E-state index in [2.05, 4.69) is 12.2 Å². The molecule has 0 radical (unpaired) electrons. The molecule has 4 nitrogen and oxygen atoms in total. The lowest BCUT2D eigenvalue weighted by Gasteiger charge is -2.14. The second-order valence-corrected chi connectivity index (χ2v) is 4.28. The number of nitrogens with two attached hydrogens (primary N) is 1. The van der Waals surface area contributed by atoms with Gasteiger partial charge in [-0.3, -0.25) is 4.79 Å². The number of ether oxygens (including phenoxy) is 1. The zero-order chi connectivity index (χ0) is 13.4. The minimum atomic E-state index is -0.528. The van der Waals surface area contributed by atoms with Gasteiger partial charge in [-0.15, -0.1) is 0 Å². The molecule has 3 N–H and O–H groups in total. The number of para-hydroxylation sites is 1. The zero-order valence-electron chi connectivity index (χ0n) is 11.1. The molecule has 0 fully saturated rings. The monoisotopic (exact) mass is 250 g/mol. The molecule has 0 spiro atoms. The van der Waals surface area contributed by atoms with Gasteiger partial charge in [-0.25, -0.2) is 0 Å². The van der Waals surface area contributed by atoms with Crippen molar-refractivity contribution in [3.8, 4) is 0 Å². The predicted molar refractivity (Wildman–Crippen MR) is 73.5 cm³/mol. The van der Waals surface area contributed by atoms with Gasteiger partial charge in [0.15, 0.2) is 0 Å². The van der Waals surface area contributed by atoms with Gasteiger partial charge >= 0.3 is 0 Å². The molecule has 100 valence electrons. The fourth-order valence-corrected chi connectivity index (χ4v) is 1.73. The van der Waals surface area contributed by atoms with Crippen LogP contribution in [0.4, 0.5) is 5.69 Å². The van der Waals surface area contributed by atoms with Crippen LogP contribution < -0.4 is 11.1 Å². The zero-order valence-corrected chi connectivity index (χ0v) is 11.1. The quantitative estimate of drug-likeness (QED) is 0.777. The maximum absolute atomic E-state index is 11.9. The number of rotatable bonds is 7. The first-order valence-electron chi connectivity index (χ1n) is 6.32. The van der Waals surface area contributed by atoms with Crippen molar-refractivity contribution in [2.24, 2.45) is 5.73 Å². The molecule has 0 aliphatic heterocycles. The normalized spacial score (nSPS) is 12.2. The SMILES string of the molecule is CCCc1ccccc1NC(=O)C(N)CCOC. The number of aryl methyl sites for hydroxylation is 1. The third-order valence-corrected chi connectivity index (χ3v) is 2.76. The number of benzene rings is 1. The highest BCUT2D eigenvalue weighted by molar-refractivity contribution is 5.95. The summed E-state index contributed by atoms with van der Waals surface area (Å²) in [5.41, 5.74) is 7.79. The lowest BCUT2D eigenvalue weighted by Crippen LogP contribution is -2.36. The molecule has 0 saturated carbocycles. The van der Waals surface area contributed by atoms with Gasteiger partial charge in [0.25, 0.3) is 0 Å². The number of anilines is 1. The minimum absolute atomic E-state index is 0.157. The van der Waals surface area contributed by atoms with Crippen LogP contribution in [0, 0.1) is 0 Å². The van der Waals surface area contributed by atoms with Crippen molar-refractivity contribution >= 4 is 11.6 Å². The van der Waals surface area contributed by atoms with E-state index in [9.17, 15) is 4.79 Å². The van der Waals surface area contributed by atoms with E-state index in [-0.39, 0.29) is 5.91 Å². The molecule has 1 unspecified atom stereocenters. The van der Waals surface area contributed by atoms with Crippen LogP contribution in [0.2, 0.25) is 0 Å². The molecule has 0 aliphatic rings. The number of hydrogen-bond acceptors (Lipinski definition) is 3. The van der Waals surface area contributed by atoms with E-state index in [0.29, 0.717) is 13.0 Å². The van der Waals surface area contributed by atoms with Crippen molar-refractivity contribution in [2.45, 2.75) is 32.2 Å². The maximum atomic E-state index is 11.9. The third-order valence-electron chi connectivity index (χ3n) is 2.76. The largest absolute Gasteiger partial charge is 0.385 e. The fraction of sp³-hybridized carbons (Fsp3) is 0.500.